The fraction of sp³-hybridized carbons (Fsp3) is 0.286. The second-order valence-electron chi connectivity index (χ2n) is 10.9. The van der Waals surface area contributed by atoms with E-state index in [1.807, 2.05) is 25.1 Å². The molecule has 4 aromatic rings. The molecule has 0 saturated carbocycles. The largest absolute Gasteiger partial charge is 0.483 e. The van der Waals surface area contributed by atoms with E-state index in [0.29, 0.717) is 16.8 Å². The highest BCUT2D eigenvalue weighted by Crippen LogP contribution is 2.35. The molecule has 0 aliphatic heterocycles. The summed E-state index contributed by atoms with van der Waals surface area (Å²) in [7, 11) is -4.08. The summed E-state index contributed by atoms with van der Waals surface area (Å²) in [5.74, 6) is -0.386. The highest BCUT2D eigenvalue weighted by atomic mass is 35.5. The van der Waals surface area contributed by atoms with Gasteiger partial charge in [0.2, 0.25) is 0 Å². The lowest BCUT2D eigenvalue weighted by molar-refractivity contribution is -0.137. The lowest BCUT2D eigenvalue weighted by atomic mass is 10.1. The van der Waals surface area contributed by atoms with Crippen LogP contribution in [0.15, 0.2) is 95.9 Å². The molecule has 0 radical (unpaired) electrons. The van der Waals surface area contributed by atoms with Crippen LogP contribution in [0.3, 0.4) is 0 Å². The summed E-state index contributed by atoms with van der Waals surface area (Å²) in [5, 5.41) is 2.93. The van der Waals surface area contributed by atoms with Crippen molar-refractivity contribution in [2.24, 2.45) is 0 Å². The topological polar surface area (TPSA) is 84.9 Å². The molecule has 0 saturated heterocycles. The van der Waals surface area contributed by atoms with Crippen molar-refractivity contribution in [2.75, 3.05) is 29.1 Å². The van der Waals surface area contributed by atoms with Crippen molar-refractivity contribution < 1.29 is 35.9 Å². The predicted octanol–water partition coefficient (Wildman–Crippen LogP) is 9.42. The maximum absolute atomic E-state index is 13.3. The third kappa shape index (κ3) is 9.20. The Morgan fingerprint density at radius 1 is 0.915 bits per heavy atom. The molecule has 47 heavy (non-hydrogen) atoms. The summed E-state index contributed by atoms with van der Waals surface area (Å²) < 4.78 is 77.3. The first kappa shape index (κ1) is 35.6. The number of anilines is 2. The zero-order chi connectivity index (χ0) is 34.4. The Balaban J connectivity index is 1.47. The number of halogens is 4. The van der Waals surface area contributed by atoms with Crippen LogP contribution in [-0.4, -0.2) is 33.4 Å². The van der Waals surface area contributed by atoms with Crippen LogP contribution in [-0.2, 0) is 20.8 Å². The van der Waals surface area contributed by atoms with Crippen molar-refractivity contribution in [3.05, 3.63) is 118 Å². The Morgan fingerprint density at radius 3 is 2.15 bits per heavy atom. The monoisotopic (exact) mass is 688 g/mol. The molecule has 0 heterocycles. The summed E-state index contributed by atoms with van der Waals surface area (Å²) >= 11 is 6.56. The Bertz CT molecular complexity index is 1780. The third-order valence-corrected chi connectivity index (χ3v) is 9.66. The minimum absolute atomic E-state index is 0.147. The average molecular weight is 689 g/mol. The first-order valence-corrected chi connectivity index (χ1v) is 17.0. The van der Waals surface area contributed by atoms with Gasteiger partial charge in [0, 0.05) is 24.5 Å². The summed E-state index contributed by atoms with van der Waals surface area (Å²) in [5.41, 5.74) is 2.71. The van der Waals surface area contributed by atoms with Gasteiger partial charge >= 0.3 is 12.3 Å². The quantitative estimate of drug-likeness (QED) is 0.160. The Kier molecular flexibility index (Phi) is 11.5. The second kappa shape index (κ2) is 15.1. The van der Waals surface area contributed by atoms with Crippen molar-refractivity contribution in [3.63, 3.8) is 0 Å². The first-order valence-electron chi connectivity index (χ1n) is 15.0. The molecule has 0 spiro atoms. The number of hydrogen-bond acceptors (Lipinski definition) is 6. The third-order valence-electron chi connectivity index (χ3n) is 7.64. The lowest BCUT2D eigenvalue weighted by Gasteiger charge is -2.22. The van der Waals surface area contributed by atoms with Crippen molar-refractivity contribution in [3.8, 4) is 5.75 Å². The zero-order valence-corrected chi connectivity index (χ0v) is 27.9. The maximum Gasteiger partial charge on any atom is 0.416 e. The van der Waals surface area contributed by atoms with Crippen molar-refractivity contribution in [1.82, 2.24) is 0 Å². The number of nitrogens with zero attached hydrogens (tertiary/aromatic N) is 1. The molecule has 4 rings (SSSR count). The number of amides is 1. The summed E-state index contributed by atoms with van der Waals surface area (Å²) in [4.78, 5) is 14.7. The van der Waals surface area contributed by atoms with Crippen molar-refractivity contribution in [1.29, 1.82) is 0 Å². The van der Waals surface area contributed by atoms with Gasteiger partial charge in [0.15, 0.2) is 9.84 Å². The Labute approximate surface area is 278 Å². The number of aryl methyl sites for hydroxylation is 1. The Morgan fingerprint density at radius 2 is 1.57 bits per heavy atom. The normalized spacial score (nSPS) is 13.0. The SMILES string of the molecule is CCN(CC)c1ccc(NC(=O)OC(C)c2ccc(OC(CS(=O)(=O)c3ccc(C(F)(F)F)cc3)c3ccccc3)c(Cl)c2)c(C)c1. The van der Waals surface area contributed by atoms with Crippen LogP contribution in [0.1, 0.15) is 55.2 Å². The van der Waals surface area contributed by atoms with Gasteiger partial charge in [0.05, 0.1) is 21.2 Å². The van der Waals surface area contributed by atoms with Gasteiger partial charge in [-0.3, -0.25) is 5.32 Å². The van der Waals surface area contributed by atoms with E-state index >= 15 is 0 Å². The van der Waals surface area contributed by atoms with Crippen molar-refractivity contribution >= 4 is 38.9 Å². The number of ether oxygens (including phenoxy) is 2. The molecule has 7 nitrogen and oxygen atoms in total. The lowest BCUT2D eigenvalue weighted by Crippen LogP contribution is -2.22. The first-order chi connectivity index (χ1) is 22.2. The molecular weight excluding hydrogens is 653 g/mol. The molecule has 12 heteroatoms. The van der Waals surface area contributed by atoms with Crippen LogP contribution in [0.4, 0.5) is 29.3 Å². The van der Waals surface area contributed by atoms with Gasteiger partial charge < -0.3 is 14.4 Å². The predicted molar refractivity (Wildman–Crippen MR) is 178 cm³/mol. The number of carbonyl (C=O) groups is 1. The van der Waals surface area contributed by atoms with Crippen LogP contribution in [0.2, 0.25) is 5.02 Å². The van der Waals surface area contributed by atoms with E-state index in [4.69, 9.17) is 21.1 Å². The van der Waals surface area contributed by atoms with Crippen LogP contribution in [0.25, 0.3) is 0 Å². The molecule has 0 aliphatic rings. The molecule has 2 atom stereocenters. The highest BCUT2D eigenvalue weighted by molar-refractivity contribution is 7.91. The number of benzene rings is 4. The van der Waals surface area contributed by atoms with E-state index in [1.165, 1.54) is 0 Å². The number of carbonyl (C=O) groups excluding carboxylic acids is 1. The summed E-state index contributed by atoms with van der Waals surface area (Å²) in [6, 6.07) is 22.4. The van der Waals surface area contributed by atoms with Crippen LogP contribution in [0, 0.1) is 6.92 Å². The van der Waals surface area contributed by atoms with Crippen LogP contribution >= 0.6 is 11.6 Å². The van der Waals surface area contributed by atoms with E-state index in [2.05, 4.69) is 24.1 Å². The van der Waals surface area contributed by atoms with Gasteiger partial charge in [-0.1, -0.05) is 48.0 Å². The smallest absolute Gasteiger partial charge is 0.416 e. The molecule has 1 N–H and O–H groups in total. The molecular formula is C35H36ClF3N2O5S. The maximum atomic E-state index is 13.3. The minimum atomic E-state index is -4.59. The standard InChI is InChI=1S/C35H36ClF3N2O5S/c1-5-41(6-2)28-15-18-31(23(3)20-28)40-34(42)45-24(4)26-12-19-32(30(36)21-26)46-33(25-10-8-7-9-11-25)22-47(43,44)29-16-13-27(14-17-29)35(37,38)39/h7-21,24,33H,5-6,22H2,1-4H3,(H,40,42). The highest BCUT2D eigenvalue weighted by Gasteiger charge is 2.31. The number of hydrogen-bond donors (Lipinski definition) is 1. The number of alkyl halides is 3. The van der Waals surface area contributed by atoms with Gasteiger partial charge in [0.25, 0.3) is 0 Å². The Hall–Kier alpha value is -4.22. The van der Waals surface area contributed by atoms with Gasteiger partial charge in [-0.25, -0.2) is 13.2 Å². The average Bonchev–Trinajstić information content (AvgIpc) is 3.03. The van der Waals surface area contributed by atoms with Gasteiger partial charge in [-0.05, 0) is 99.0 Å². The molecule has 2 unspecified atom stereocenters. The van der Waals surface area contributed by atoms with Gasteiger partial charge in [-0.15, -0.1) is 0 Å². The van der Waals surface area contributed by atoms with E-state index in [0.717, 1.165) is 48.6 Å². The minimum Gasteiger partial charge on any atom is -0.483 e. The van der Waals surface area contributed by atoms with Crippen LogP contribution in [0.5, 0.6) is 5.75 Å². The van der Waals surface area contributed by atoms with Crippen molar-refractivity contribution in [2.45, 2.75) is 51.0 Å². The van der Waals surface area contributed by atoms with E-state index in [1.54, 1.807) is 55.5 Å². The fourth-order valence-electron chi connectivity index (χ4n) is 4.97. The second-order valence-corrected chi connectivity index (χ2v) is 13.3. The molecule has 250 valence electrons. The number of nitrogens with one attached hydrogen (secondary N) is 1. The molecule has 4 aromatic carbocycles. The van der Waals surface area contributed by atoms with Crippen LogP contribution < -0.4 is 15.0 Å². The van der Waals surface area contributed by atoms with Gasteiger partial charge in [-0.2, -0.15) is 13.2 Å². The molecule has 0 fully saturated rings. The van der Waals surface area contributed by atoms with E-state index in [9.17, 15) is 26.4 Å². The van der Waals surface area contributed by atoms with E-state index in [-0.39, 0.29) is 15.7 Å². The molecule has 1 amide bonds. The summed E-state index contributed by atoms with van der Waals surface area (Å²) in [6.45, 7) is 9.47. The van der Waals surface area contributed by atoms with E-state index < -0.39 is 45.6 Å². The molecule has 0 aliphatic carbocycles. The zero-order valence-electron chi connectivity index (χ0n) is 26.3. The number of sulfone groups is 1. The molecule has 0 bridgehead atoms. The summed E-state index contributed by atoms with van der Waals surface area (Å²) in [6.07, 6.45) is -6.97. The van der Waals surface area contributed by atoms with Gasteiger partial charge in [0.1, 0.15) is 18.0 Å². The number of rotatable bonds is 12. The molecule has 0 aromatic heterocycles. The fourth-order valence-corrected chi connectivity index (χ4v) is 6.61.